The van der Waals surface area contributed by atoms with E-state index in [2.05, 4.69) is 50.3 Å². The molecule has 0 fully saturated rings. The Kier molecular flexibility index (Phi) is 42.5. The van der Waals surface area contributed by atoms with E-state index in [4.69, 9.17) is 23.6 Å². The van der Waals surface area contributed by atoms with Crippen molar-refractivity contribution in [1.82, 2.24) is 0 Å². The Morgan fingerprint density at radius 3 is 1.37 bits per heavy atom. The summed E-state index contributed by atoms with van der Waals surface area (Å²) in [7, 11) is -4.63. The summed E-state index contributed by atoms with van der Waals surface area (Å²) in [5.41, 5.74) is 0. The van der Waals surface area contributed by atoms with Gasteiger partial charge in [0, 0.05) is 12.8 Å². The molecule has 10 nitrogen and oxygen atoms in total. The van der Waals surface area contributed by atoms with E-state index in [9.17, 15) is 24.2 Å². The van der Waals surface area contributed by atoms with Gasteiger partial charge in [0.15, 0.2) is 6.10 Å². The highest BCUT2D eigenvalue weighted by Gasteiger charge is 2.27. The molecule has 0 aromatic rings. The average molecular weight is 855 g/mol. The van der Waals surface area contributed by atoms with Crippen LogP contribution in [0.1, 0.15) is 206 Å². The number of ether oxygens (including phenoxy) is 2. The van der Waals surface area contributed by atoms with Gasteiger partial charge >= 0.3 is 19.8 Å². The monoisotopic (exact) mass is 855 g/mol. The number of carbonyl (C=O) groups excluding carboxylic acids is 2. The lowest BCUT2D eigenvalue weighted by Gasteiger charge is -2.20. The molecule has 0 radical (unpaired) electrons. The molecule has 11 heteroatoms. The van der Waals surface area contributed by atoms with E-state index in [1.54, 1.807) is 0 Å². The summed E-state index contributed by atoms with van der Waals surface area (Å²) in [5.74, 6) is -0.984. The molecule has 0 saturated heterocycles. The molecule has 1 unspecified atom stereocenters. The smallest absolute Gasteiger partial charge is 0.462 e. The van der Waals surface area contributed by atoms with Crippen molar-refractivity contribution in [2.75, 3.05) is 26.4 Å². The molecule has 0 aromatic heterocycles. The van der Waals surface area contributed by atoms with E-state index in [-0.39, 0.29) is 19.4 Å². The molecule has 344 valence electrons. The third-order valence-corrected chi connectivity index (χ3v) is 10.9. The molecule has 0 heterocycles. The molecule has 59 heavy (non-hydrogen) atoms. The van der Waals surface area contributed by atoms with Crippen LogP contribution in [-0.4, -0.2) is 65.7 Å². The van der Waals surface area contributed by atoms with Crippen molar-refractivity contribution in [1.29, 1.82) is 0 Å². The number of phosphoric acid groups is 1. The second kappa shape index (κ2) is 44.0. The van der Waals surface area contributed by atoms with Gasteiger partial charge in [0.25, 0.3) is 0 Å². The Balaban J connectivity index is 4.30. The second-order valence-corrected chi connectivity index (χ2v) is 17.2. The zero-order valence-electron chi connectivity index (χ0n) is 37.5. The first-order chi connectivity index (χ1) is 28.7. The van der Waals surface area contributed by atoms with Gasteiger partial charge in [0.2, 0.25) is 0 Å². The first-order valence-corrected chi connectivity index (χ1v) is 25.1. The summed E-state index contributed by atoms with van der Waals surface area (Å²) in [6.45, 7) is 2.31. The molecule has 0 aliphatic rings. The van der Waals surface area contributed by atoms with Gasteiger partial charge in [0.1, 0.15) is 12.7 Å². The molecular weight excluding hydrogens is 767 g/mol. The average Bonchev–Trinajstić information content (AvgIpc) is 3.22. The SMILES string of the molecule is CCCCC/C=C\C/C=C\C/C=C\C/C=C\CCCC(=O)O[C@H](COC(=O)CCCCCCCCCCCCCCCCCCCCC)COP(=O)(O)OC[C@@H](O)CO. The van der Waals surface area contributed by atoms with E-state index in [1.807, 2.05) is 12.2 Å². The summed E-state index contributed by atoms with van der Waals surface area (Å²) in [6.07, 6.45) is 48.0. The Bertz CT molecular complexity index is 1120. The fourth-order valence-electron chi connectivity index (χ4n) is 6.34. The van der Waals surface area contributed by atoms with Gasteiger partial charge in [-0.15, -0.1) is 0 Å². The number of aliphatic hydroxyl groups is 2. The van der Waals surface area contributed by atoms with Crippen LogP contribution in [0, 0.1) is 0 Å². The van der Waals surface area contributed by atoms with Gasteiger partial charge in [-0.05, 0) is 51.4 Å². The Morgan fingerprint density at radius 1 is 0.508 bits per heavy atom. The number of carbonyl (C=O) groups is 2. The van der Waals surface area contributed by atoms with Gasteiger partial charge in [-0.25, -0.2) is 4.57 Å². The van der Waals surface area contributed by atoms with E-state index in [1.165, 1.54) is 116 Å². The van der Waals surface area contributed by atoms with Gasteiger partial charge < -0.3 is 24.6 Å². The van der Waals surface area contributed by atoms with E-state index in [0.29, 0.717) is 19.3 Å². The normalized spacial score (nSPS) is 14.2. The molecule has 0 spiro atoms. The summed E-state index contributed by atoms with van der Waals surface area (Å²) >= 11 is 0. The molecule has 0 aliphatic heterocycles. The van der Waals surface area contributed by atoms with E-state index < -0.39 is 51.8 Å². The van der Waals surface area contributed by atoms with Crippen molar-refractivity contribution in [3.63, 3.8) is 0 Å². The second-order valence-electron chi connectivity index (χ2n) is 15.8. The van der Waals surface area contributed by atoms with Gasteiger partial charge in [-0.1, -0.05) is 191 Å². The molecule has 0 rings (SSSR count). The topological polar surface area (TPSA) is 149 Å². The lowest BCUT2D eigenvalue weighted by atomic mass is 10.0. The predicted molar refractivity (Wildman–Crippen MR) is 242 cm³/mol. The Morgan fingerprint density at radius 2 is 0.898 bits per heavy atom. The number of phosphoric ester groups is 1. The van der Waals surface area contributed by atoms with Crippen LogP contribution in [0.4, 0.5) is 0 Å². The number of hydrogen-bond acceptors (Lipinski definition) is 9. The highest BCUT2D eigenvalue weighted by molar-refractivity contribution is 7.47. The zero-order valence-corrected chi connectivity index (χ0v) is 38.4. The molecule has 0 aliphatic carbocycles. The van der Waals surface area contributed by atoms with Crippen LogP contribution < -0.4 is 0 Å². The van der Waals surface area contributed by atoms with Crippen LogP contribution in [0.15, 0.2) is 48.6 Å². The predicted octanol–water partition coefficient (Wildman–Crippen LogP) is 12.9. The Hall–Kier alpha value is -2.07. The quantitative estimate of drug-likeness (QED) is 0.0234. The van der Waals surface area contributed by atoms with Crippen LogP contribution in [0.2, 0.25) is 0 Å². The summed E-state index contributed by atoms with van der Waals surface area (Å²) in [6, 6.07) is 0. The summed E-state index contributed by atoms with van der Waals surface area (Å²) < 4.78 is 32.7. The van der Waals surface area contributed by atoms with Crippen molar-refractivity contribution in [2.24, 2.45) is 0 Å². The maximum Gasteiger partial charge on any atom is 0.472 e. The highest BCUT2D eigenvalue weighted by Crippen LogP contribution is 2.43. The fourth-order valence-corrected chi connectivity index (χ4v) is 7.13. The van der Waals surface area contributed by atoms with E-state index in [0.717, 1.165) is 44.9 Å². The molecule has 3 N–H and O–H groups in total. The van der Waals surface area contributed by atoms with Crippen molar-refractivity contribution in [3.05, 3.63) is 48.6 Å². The number of allylic oxidation sites excluding steroid dienone is 8. The molecule has 0 bridgehead atoms. The lowest BCUT2D eigenvalue weighted by molar-refractivity contribution is -0.161. The molecule has 3 atom stereocenters. The number of hydrogen-bond donors (Lipinski definition) is 3. The molecule has 0 aromatic carbocycles. The summed E-state index contributed by atoms with van der Waals surface area (Å²) in [4.78, 5) is 35.0. The lowest BCUT2D eigenvalue weighted by Crippen LogP contribution is -2.29. The van der Waals surface area contributed by atoms with Crippen molar-refractivity contribution < 1.29 is 47.8 Å². The third-order valence-electron chi connectivity index (χ3n) is 9.99. The molecule has 0 amide bonds. The highest BCUT2D eigenvalue weighted by atomic mass is 31.2. The summed E-state index contributed by atoms with van der Waals surface area (Å²) in [5, 5.41) is 18.4. The van der Waals surface area contributed by atoms with Gasteiger partial charge in [-0.2, -0.15) is 0 Å². The van der Waals surface area contributed by atoms with Crippen LogP contribution in [0.5, 0.6) is 0 Å². The van der Waals surface area contributed by atoms with E-state index >= 15 is 0 Å². The first-order valence-electron chi connectivity index (χ1n) is 23.6. The van der Waals surface area contributed by atoms with Crippen LogP contribution in [0.25, 0.3) is 0 Å². The number of rotatable bonds is 44. The largest absolute Gasteiger partial charge is 0.472 e. The number of unbranched alkanes of at least 4 members (excludes halogenated alkanes) is 22. The van der Waals surface area contributed by atoms with Crippen molar-refractivity contribution in [3.8, 4) is 0 Å². The maximum absolute atomic E-state index is 12.6. The fraction of sp³-hybridized carbons (Fsp3) is 0.792. The van der Waals surface area contributed by atoms with Crippen molar-refractivity contribution in [2.45, 2.75) is 219 Å². The third kappa shape index (κ3) is 43.8. The standard InChI is InChI=1S/C48H87O10P/c1-3-5-7-9-11-13-15-17-19-21-22-24-25-27-29-31-33-35-37-39-47(51)55-43-46(44-57-59(53,54)56-42-45(50)41-49)58-48(52)40-38-36-34-32-30-28-26-23-20-18-16-14-12-10-8-6-4-2/h12,14,18,20,26,28,32,34,45-46,49-50H,3-11,13,15-17,19,21-25,27,29-31,33,35-44H2,1-2H3,(H,53,54)/b14-12-,20-18-,28-26-,34-32-/t45-,46+/m0/s1. The molecular formula is C48H87O10P. The Labute approximate surface area is 360 Å². The minimum Gasteiger partial charge on any atom is -0.462 e. The zero-order chi connectivity index (χ0) is 43.3. The number of aliphatic hydroxyl groups excluding tert-OH is 2. The maximum atomic E-state index is 12.6. The van der Waals surface area contributed by atoms with Crippen molar-refractivity contribution >= 4 is 19.8 Å². The first kappa shape index (κ1) is 56.9. The van der Waals surface area contributed by atoms with Crippen LogP contribution >= 0.6 is 7.82 Å². The minimum absolute atomic E-state index is 0.109. The van der Waals surface area contributed by atoms with Gasteiger partial charge in [0.05, 0.1) is 19.8 Å². The number of esters is 2. The van der Waals surface area contributed by atoms with Crippen LogP contribution in [-0.2, 0) is 32.7 Å². The van der Waals surface area contributed by atoms with Crippen LogP contribution in [0.3, 0.4) is 0 Å². The molecule has 0 saturated carbocycles. The minimum atomic E-state index is -4.63. The van der Waals surface area contributed by atoms with Gasteiger partial charge in [-0.3, -0.25) is 18.6 Å².